The summed E-state index contributed by atoms with van der Waals surface area (Å²) >= 11 is 0. The number of carbonyl (C=O) groups is 3. The monoisotopic (exact) mass is 478 g/mol. The SMILES string of the molecule is O=C(O)CC(NC(=O)OCC1c2ccccc2-c2ccccc21)C(=O)N1CCOCC12CCCC2. The number of nitrogens with zero attached hydrogens (tertiary/aromatic N) is 1. The predicted molar refractivity (Wildman–Crippen MR) is 128 cm³/mol. The minimum absolute atomic E-state index is 0.0926. The van der Waals surface area contributed by atoms with Crippen molar-refractivity contribution in [2.24, 2.45) is 0 Å². The second kappa shape index (κ2) is 9.70. The summed E-state index contributed by atoms with van der Waals surface area (Å²) in [6.45, 7) is 1.33. The summed E-state index contributed by atoms with van der Waals surface area (Å²) in [6.07, 6.45) is 2.34. The molecule has 2 aromatic carbocycles. The first-order valence-corrected chi connectivity index (χ1v) is 12.2. The van der Waals surface area contributed by atoms with Crippen LogP contribution in [0.25, 0.3) is 11.1 Å². The van der Waals surface area contributed by atoms with Crippen molar-refractivity contribution in [1.29, 1.82) is 0 Å². The van der Waals surface area contributed by atoms with Crippen molar-refractivity contribution >= 4 is 18.0 Å². The van der Waals surface area contributed by atoms with Crippen LogP contribution in [0.5, 0.6) is 0 Å². The number of hydrogen-bond acceptors (Lipinski definition) is 5. The third kappa shape index (κ3) is 4.50. The first-order valence-electron chi connectivity index (χ1n) is 12.2. The number of rotatable bonds is 6. The van der Waals surface area contributed by atoms with Crippen molar-refractivity contribution in [3.63, 3.8) is 0 Å². The number of carbonyl (C=O) groups excluding carboxylic acids is 2. The Bertz CT molecular complexity index is 1080. The molecule has 2 aromatic rings. The molecule has 1 aliphatic heterocycles. The molecular formula is C27H30N2O6. The summed E-state index contributed by atoms with van der Waals surface area (Å²) in [5, 5.41) is 12.0. The van der Waals surface area contributed by atoms with E-state index in [4.69, 9.17) is 9.47 Å². The molecule has 5 rings (SSSR count). The van der Waals surface area contributed by atoms with Crippen LogP contribution in [-0.4, -0.2) is 65.9 Å². The minimum atomic E-state index is -1.20. The Balaban J connectivity index is 1.28. The molecule has 3 aliphatic rings. The van der Waals surface area contributed by atoms with E-state index in [2.05, 4.69) is 17.4 Å². The molecule has 1 atom stereocenters. The van der Waals surface area contributed by atoms with E-state index < -0.39 is 30.1 Å². The fraction of sp³-hybridized carbons (Fsp3) is 0.444. The zero-order valence-corrected chi connectivity index (χ0v) is 19.6. The molecule has 35 heavy (non-hydrogen) atoms. The van der Waals surface area contributed by atoms with Crippen LogP contribution in [-0.2, 0) is 19.1 Å². The highest BCUT2D eigenvalue weighted by atomic mass is 16.5. The Morgan fingerprint density at radius 2 is 1.69 bits per heavy atom. The molecular weight excluding hydrogens is 448 g/mol. The number of hydrogen-bond donors (Lipinski definition) is 2. The van der Waals surface area contributed by atoms with E-state index in [0.717, 1.165) is 47.9 Å². The molecule has 2 amide bonds. The molecule has 2 fully saturated rings. The Labute approximate surface area is 204 Å². The van der Waals surface area contributed by atoms with Crippen molar-refractivity contribution in [1.82, 2.24) is 10.2 Å². The van der Waals surface area contributed by atoms with Gasteiger partial charge in [0.1, 0.15) is 12.6 Å². The molecule has 1 spiro atoms. The zero-order valence-electron chi connectivity index (χ0n) is 19.6. The van der Waals surface area contributed by atoms with Crippen LogP contribution in [0.3, 0.4) is 0 Å². The average Bonchev–Trinajstić information content (AvgIpc) is 3.45. The Morgan fingerprint density at radius 3 is 2.31 bits per heavy atom. The molecule has 184 valence electrons. The van der Waals surface area contributed by atoms with E-state index in [1.54, 1.807) is 4.90 Å². The molecule has 8 heteroatoms. The van der Waals surface area contributed by atoms with E-state index in [1.807, 2.05) is 36.4 Å². The summed E-state index contributed by atoms with van der Waals surface area (Å²) in [4.78, 5) is 39.5. The quantitative estimate of drug-likeness (QED) is 0.658. The number of carboxylic acid groups (broad SMARTS) is 1. The van der Waals surface area contributed by atoms with E-state index in [-0.39, 0.29) is 18.4 Å². The molecule has 8 nitrogen and oxygen atoms in total. The van der Waals surface area contributed by atoms with Crippen LogP contribution in [0, 0.1) is 0 Å². The van der Waals surface area contributed by atoms with Gasteiger partial charge in [-0.1, -0.05) is 61.4 Å². The zero-order chi connectivity index (χ0) is 24.4. The van der Waals surface area contributed by atoms with Crippen molar-refractivity contribution in [2.75, 3.05) is 26.4 Å². The van der Waals surface area contributed by atoms with Crippen LogP contribution < -0.4 is 5.32 Å². The number of ether oxygens (including phenoxy) is 2. The number of morpholine rings is 1. The second-order valence-electron chi connectivity index (χ2n) is 9.59. The fourth-order valence-corrected chi connectivity index (χ4v) is 5.87. The maximum Gasteiger partial charge on any atom is 0.407 e. The molecule has 2 aliphatic carbocycles. The standard InChI is InChI=1S/C27H30N2O6/c30-24(31)15-23(25(32)29-13-14-34-17-27(29)11-5-6-12-27)28-26(33)35-16-22-20-9-3-1-7-18(20)19-8-2-4-10-21(19)22/h1-4,7-10,22-23H,5-6,11-17H2,(H,28,33)(H,30,31). The Kier molecular flexibility index (Phi) is 6.47. The maximum absolute atomic E-state index is 13.5. The van der Waals surface area contributed by atoms with Crippen molar-refractivity contribution < 1.29 is 29.0 Å². The van der Waals surface area contributed by atoms with Gasteiger partial charge in [-0.3, -0.25) is 9.59 Å². The second-order valence-corrected chi connectivity index (χ2v) is 9.59. The van der Waals surface area contributed by atoms with Gasteiger partial charge in [0.25, 0.3) is 0 Å². The lowest BCUT2D eigenvalue weighted by atomic mass is 9.93. The Morgan fingerprint density at radius 1 is 1.06 bits per heavy atom. The van der Waals surface area contributed by atoms with Gasteiger partial charge in [0, 0.05) is 12.5 Å². The van der Waals surface area contributed by atoms with Gasteiger partial charge in [-0.05, 0) is 35.1 Å². The van der Waals surface area contributed by atoms with E-state index in [0.29, 0.717) is 19.8 Å². The van der Waals surface area contributed by atoms with Crippen LogP contribution >= 0.6 is 0 Å². The van der Waals surface area contributed by atoms with Gasteiger partial charge < -0.3 is 24.8 Å². The van der Waals surface area contributed by atoms with Gasteiger partial charge in [0.2, 0.25) is 5.91 Å². The first kappa shape index (κ1) is 23.4. The molecule has 0 radical (unpaired) electrons. The number of carboxylic acids is 1. The largest absolute Gasteiger partial charge is 0.481 e. The van der Waals surface area contributed by atoms with Gasteiger partial charge in [0.15, 0.2) is 0 Å². The summed E-state index contributed by atoms with van der Waals surface area (Å²) in [6, 6.07) is 14.8. The van der Waals surface area contributed by atoms with Gasteiger partial charge in [0.05, 0.1) is 25.2 Å². The van der Waals surface area contributed by atoms with Crippen LogP contribution in [0.2, 0.25) is 0 Å². The Hall–Kier alpha value is -3.39. The van der Waals surface area contributed by atoms with E-state index in [1.165, 1.54) is 0 Å². The molecule has 2 N–H and O–H groups in total. The lowest BCUT2D eigenvalue weighted by molar-refractivity contribution is -0.154. The summed E-state index contributed by atoms with van der Waals surface area (Å²) in [5.74, 6) is -1.66. The summed E-state index contributed by atoms with van der Waals surface area (Å²) in [7, 11) is 0. The lowest BCUT2D eigenvalue weighted by Crippen LogP contribution is -2.62. The summed E-state index contributed by atoms with van der Waals surface area (Å²) < 4.78 is 11.2. The first-order chi connectivity index (χ1) is 17.0. The molecule has 1 heterocycles. The minimum Gasteiger partial charge on any atom is -0.481 e. The van der Waals surface area contributed by atoms with Crippen LogP contribution in [0.4, 0.5) is 4.79 Å². The number of aliphatic carboxylic acids is 1. The van der Waals surface area contributed by atoms with E-state index in [9.17, 15) is 19.5 Å². The van der Waals surface area contributed by atoms with Crippen LogP contribution in [0.15, 0.2) is 48.5 Å². The maximum atomic E-state index is 13.5. The van der Waals surface area contributed by atoms with Crippen molar-refractivity contribution in [3.8, 4) is 11.1 Å². The number of amides is 2. The highest BCUT2D eigenvalue weighted by molar-refractivity contribution is 5.90. The number of alkyl carbamates (subject to hydrolysis) is 1. The number of benzene rings is 2. The third-order valence-corrected chi connectivity index (χ3v) is 7.52. The number of fused-ring (bicyclic) bond motifs is 3. The fourth-order valence-electron chi connectivity index (χ4n) is 5.87. The van der Waals surface area contributed by atoms with E-state index >= 15 is 0 Å². The molecule has 0 bridgehead atoms. The molecule has 1 saturated carbocycles. The van der Waals surface area contributed by atoms with Crippen molar-refractivity contribution in [2.45, 2.75) is 49.6 Å². The van der Waals surface area contributed by atoms with Crippen molar-refractivity contribution in [3.05, 3.63) is 59.7 Å². The molecule has 0 aromatic heterocycles. The van der Waals surface area contributed by atoms with Gasteiger partial charge in [-0.2, -0.15) is 0 Å². The molecule has 1 unspecified atom stereocenters. The smallest absolute Gasteiger partial charge is 0.407 e. The average molecular weight is 479 g/mol. The van der Waals surface area contributed by atoms with Gasteiger partial charge >= 0.3 is 12.1 Å². The van der Waals surface area contributed by atoms with Crippen LogP contribution in [0.1, 0.15) is 49.1 Å². The molecule has 1 saturated heterocycles. The number of nitrogens with one attached hydrogen (secondary N) is 1. The lowest BCUT2D eigenvalue weighted by Gasteiger charge is -2.45. The third-order valence-electron chi connectivity index (χ3n) is 7.52. The highest BCUT2D eigenvalue weighted by Gasteiger charge is 2.46. The van der Waals surface area contributed by atoms with Gasteiger partial charge in [-0.25, -0.2) is 4.79 Å². The predicted octanol–water partition coefficient (Wildman–Crippen LogP) is 3.54. The normalized spacial score (nSPS) is 19.1. The van der Waals surface area contributed by atoms with Gasteiger partial charge in [-0.15, -0.1) is 0 Å². The topological polar surface area (TPSA) is 105 Å². The highest BCUT2D eigenvalue weighted by Crippen LogP contribution is 2.44. The summed E-state index contributed by atoms with van der Waals surface area (Å²) in [5.41, 5.74) is 3.98.